The van der Waals surface area contributed by atoms with Gasteiger partial charge in [-0.1, -0.05) is 39.5 Å². The summed E-state index contributed by atoms with van der Waals surface area (Å²) in [6.45, 7) is 4.52. The third-order valence-electron chi connectivity index (χ3n) is 1.90. The molecule has 72 valence electrons. The second kappa shape index (κ2) is 8.02. The van der Waals surface area contributed by atoms with Crippen molar-refractivity contribution in [1.29, 1.82) is 0 Å². The van der Waals surface area contributed by atoms with Crippen molar-refractivity contribution in [1.82, 2.24) is 0 Å². The molecule has 0 rings (SSSR count). The minimum absolute atomic E-state index is 0.302. The van der Waals surface area contributed by atoms with Crippen LogP contribution in [-0.4, -0.2) is 3.79 Å². The van der Waals surface area contributed by atoms with Crippen molar-refractivity contribution in [3.63, 3.8) is 0 Å². The Hall–Kier alpha value is 0.400. The van der Waals surface area contributed by atoms with Crippen molar-refractivity contribution in [2.24, 2.45) is 5.92 Å². The predicted octanol–water partition coefficient (Wildman–Crippen LogP) is 3.94. The number of unbranched alkanes of at least 4 members (excludes halogenated alkanes) is 3. The van der Waals surface area contributed by atoms with Gasteiger partial charge in [-0.2, -0.15) is 0 Å². The van der Waals surface area contributed by atoms with Crippen LogP contribution in [-0.2, 0) is 4.79 Å². The van der Waals surface area contributed by atoms with E-state index in [4.69, 9.17) is 0 Å². The van der Waals surface area contributed by atoms with E-state index in [1.807, 2.05) is 22.6 Å². The highest BCUT2D eigenvalue weighted by Crippen LogP contribution is 2.11. The predicted molar refractivity (Wildman–Crippen MR) is 61.6 cm³/mol. The largest absolute Gasteiger partial charge is 0.288 e. The molecule has 1 nitrogen and oxygen atoms in total. The fourth-order valence-corrected chi connectivity index (χ4v) is 1.55. The molecule has 0 radical (unpaired) electrons. The number of carbonyl (C=O) groups is 1. The molecule has 2 heteroatoms. The fraction of sp³-hybridized carbons (Fsp3) is 0.900. The average molecular weight is 282 g/mol. The second-order valence-corrected chi connectivity index (χ2v) is 4.91. The second-order valence-electron chi connectivity index (χ2n) is 3.70. The number of hydrogen-bond acceptors (Lipinski definition) is 1. The maximum atomic E-state index is 10.6. The summed E-state index contributed by atoms with van der Waals surface area (Å²) in [5, 5.41) is 0. The van der Waals surface area contributed by atoms with Gasteiger partial charge in [0.15, 0.2) is 3.79 Å². The molecule has 0 unspecified atom stereocenters. The van der Waals surface area contributed by atoms with E-state index < -0.39 is 0 Å². The zero-order valence-electron chi connectivity index (χ0n) is 8.11. The van der Waals surface area contributed by atoms with Crippen LogP contribution in [0.4, 0.5) is 0 Å². The normalized spacial score (nSPS) is 10.7. The molecule has 0 fully saturated rings. The van der Waals surface area contributed by atoms with Crippen LogP contribution in [0.2, 0.25) is 0 Å². The number of rotatable bonds is 7. The Balaban J connectivity index is 2.96. The molecule has 0 aliphatic carbocycles. The SMILES string of the molecule is CC(C)CCCCCCC(=O)I. The minimum Gasteiger partial charge on any atom is -0.288 e. The van der Waals surface area contributed by atoms with Crippen LogP contribution in [0.15, 0.2) is 0 Å². The molecule has 0 N–H and O–H groups in total. The van der Waals surface area contributed by atoms with Gasteiger partial charge >= 0.3 is 0 Å². The molecule has 0 atom stereocenters. The van der Waals surface area contributed by atoms with E-state index in [-0.39, 0.29) is 0 Å². The van der Waals surface area contributed by atoms with Crippen LogP contribution >= 0.6 is 22.6 Å². The highest BCUT2D eigenvalue weighted by atomic mass is 127. The first-order chi connectivity index (χ1) is 5.63. The zero-order valence-corrected chi connectivity index (χ0v) is 10.3. The van der Waals surface area contributed by atoms with Gasteiger partial charge in [0.2, 0.25) is 0 Å². The first kappa shape index (κ1) is 12.4. The maximum absolute atomic E-state index is 10.6. The van der Waals surface area contributed by atoms with E-state index in [2.05, 4.69) is 13.8 Å². The lowest BCUT2D eigenvalue weighted by atomic mass is 10.0. The summed E-state index contributed by atoms with van der Waals surface area (Å²) in [6, 6.07) is 0. The van der Waals surface area contributed by atoms with E-state index in [9.17, 15) is 4.79 Å². The molecule has 0 aromatic heterocycles. The van der Waals surface area contributed by atoms with Gasteiger partial charge in [0.25, 0.3) is 0 Å². The van der Waals surface area contributed by atoms with E-state index in [1.165, 1.54) is 25.7 Å². The quantitative estimate of drug-likeness (QED) is 0.392. The lowest BCUT2D eigenvalue weighted by molar-refractivity contribution is -0.109. The van der Waals surface area contributed by atoms with Crippen LogP contribution in [0.1, 0.15) is 52.4 Å². The summed E-state index contributed by atoms with van der Waals surface area (Å²) in [4.78, 5) is 10.6. The molecule has 0 amide bonds. The van der Waals surface area contributed by atoms with Crippen molar-refractivity contribution in [3.8, 4) is 0 Å². The maximum Gasteiger partial charge on any atom is 0.192 e. The van der Waals surface area contributed by atoms with Crippen molar-refractivity contribution in [2.45, 2.75) is 52.4 Å². The molecule has 0 aromatic carbocycles. The van der Waals surface area contributed by atoms with Crippen LogP contribution in [0.5, 0.6) is 0 Å². The van der Waals surface area contributed by atoms with Gasteiger partial charge in [0, 0.05) is 6.42 Å². The molecule has 12 heavy (non-hydrogen) atoms. The van der Waals surface area contributed by atoms with Crippen molar-refractivity contribution in [2.75, 3.05) is 0 Å². The molecule has 0 aromatic rings. The Kier molecular flexibility index (Phi) is 8.29. The summed E-state index contributed by atoms with van der Waals surface area (Å²) in [6.07, 6.45) is 7.02. The molecule has 0 spiro atoms. The minimum atomic E-state index is 0.302. The first-order valence-corrected chi connectivity index (χ1v) is 5.89. The Morgan fingerprint density at radius 2 is 1.75 bits per heavy atom. The molecular weight excluding hydrogens is 263 g/mol. The molecule has 0 aliphatic heterocycles. The van der Waals surface area contributed by atoms with E-state index >= 15 is 0 Å². The molecule has 0 heterocycles. The fourth-order valence-electron chi connectivity index (χ4n) is 1.17. The number of halogens is 1. The van der Waals surface area contributed by atoms with Crippen molar-refractivity contribution >= 4 is 26.4 Å². The molecule has 0 aliphatic rings. The highest BCUT2D eigenvalue weighted by Gasteiger charge is 1.96. The Morgan fingerprint density at radius 3 is 2.25 bits per heavy atom. The van der Waals surface area contributed by atoms with Crippen LogP contribution in [0.25, 0.3) is 0 Å². The monoisotopic (exact) mass is 282 g/mol. The van der Waals surface area contributed by atoms with Gasteiger partial charge in [0.1, 0.15) is 0 Å². The van der Waals surface area contributed by atoms with Gasteiger partial charge in [0.05, 0.1) is 0 Å². The lowest BCUT2D eigenvalue weighted by Crippen LogP contribution is -1.88. The molecule has 0 saturated carbocycles. The van der Waals surface area contributed by atoms with Gasteiger partial charge in [-0.3, -0.25) is 4.79 Å². The van der Waals surface area contributed by atoms with Gasteiger partial charge in [-0.15, -0.1) is 0 Å². The van der Waals surface area contributed by atoms with Crippen molar-refractivity contribution < 1.29 is 4.79 Å². The first-order valence-electron chi connectivity index (χ1n) is 4.81. The van der Waals surface area contributed by atoms with Gasteiger partial charge in [-0.05, 0) is 34.9 Å². The molecule has 0 saturated heterocycles. The van der Waals surface area contributed by atoms with Gasteiger partial charge in [-0.25, -0.2) is 0 Å². The third-order valence-corrected chi connectivity index (χ3v) is 2.44. The van der Waals surface area contributed by atoms with Gasteiger partial charge < -0.3 is 0 Å². The summed E-state index contributed by atoms with van der Waals surface area (Å²) < 4.78 is 0.302. The molecular formula is C10H19IO. The number of carbonyl (C=O) groups excluding carboxylic acids is 1. The Labute approximate surface area is 89.4 Å². The van der Waals surface area contributed by atoms with Crippen molar-refractivity contribution in [3.05, 3.63) is 0 Å². The number of hydrogen-bond donors (Lipinski definition) is 0. The van der Waals surface area contributed by atoms with E-state index in [0.717, 1.165) is 18.8 Å². The summed E-state index contributed by atoms with van der Waals surface area (Å²) >= 11 is 1.88. The lowest BCUT2D eigenvalue weighted by Gasteiger charge is -2.02. The summed E-state index contributed by atoms with van der Waals surface area (Å²) in [5.41, 5.74) is 0. The summed E-state index contributed by atoms with van der Waals surface area (Å²) in [5.74, 6) is 0.830. The highest BCUT2D eigenvalue weighted by molar-refractivity contribution is 14.1. The van der Waals surface area contributed by atoms with Crippen LogP contribution < -0.4 is 0 Å². The Bertz CT molecular complexity index is 121. The van der Waals surface area contributed by atoms with E-state index in [0.29, 0.717) is 3.79 Å². The standard InChI is InChI=1S/C10H19IO/c1-9(2)7-5-3-4-6-8-10(11)12/h9H,3-8H2,1-2H3. The smallest absolute Gasteiger partial charge is 0.192 e. The Morgan fingerprint density at radius 1 is 1.17 bits per heavy atom. The molecule has 0 bridgehead atoms. The van der Waals surface area contributed by atoms with E-state index in [1.54, 1.807) is 0 Å². The van der Waals surface area contributed by atoms with Crippen LogP contribution in [0, 0.1) is 5.92 Å². The topological polar surface area (TPSA) is 17.1 Å². The third kappa shape index (κ3) is 10.4. The summed E-state index contributed by atoms with van der Waals surface area (Å²) in [7, 11) is 0. The average Bonchev–Trinajstić information content (AvgIpc) is 1.95. The zero-order chi connectivity index (χ0) is 9.40. The van der Waals surface area contributed by atoms with Crippen LogP contribution in [0.3, 0.4) is 0 Å².